The van der Waals surface area contributed by atoms with Crippen molar-refractivity contribution in [2.75, 3.05) is 33.8 Å². The Bertz CT molecular complexity index is 720. The zero-order valence-electron chi connectivity index (χ0n) is 13.0. The molecule has 1 atom stereocenters. The number of sulfonamides is 1. The number of hydrogen-bond acceptors (Lipinski definition) is 6. The number of methoxy groups -OCH3 is 1. The predicted molar refractivity (Wildman–Crippen MR) is 78.0 cm³/mol. The molecule has 0 saturated carbocycles. The lowest BCUT2D eigenvalue weighted by atomic mass is 10.2. The second kappa shape index (κ2) is 6.97. The number of rotatable bonds is 4. The summed E-state index contributed by atoms with van der Waals surface area (Å²) in [6.07, 6.45) is 0. The van der Waals surface area contributed by atoms with Crippen LogP contribution in [0, 0.1) is 11.6 Å². The van der Waals surface area contributed by atoms with Gasteiger partial charge in [0.05, 0.1) is 12.0 Å². The SMILES string of the molecule is COc1c(F)cc(S(=O)(=O)N2CCN(C)C[C@@H]2C(=O)NO)cc1F. The van der Waals surface area contributed by atoms with Gasteiger partial charge in [-0.25, -0.2) is 22.7 Å². The Labute approximate surface area is 137 Å². The maximum Gasteiger partial charge on any atom is 0.263 e. The molecule has 2 N–H and O–H groups in total. The third kappa shape index (κ3) is 3.34. The zero-order chi connectivity index (χ0) is 18.1. The Morgan fingerprint density at radius 2 is 1.92 bits per heavy atom. The van der Waals surface area contributed by atoms with E-state index in [4.69, 9.17) is 5.21 Å². The minimum Gasteiger partial charge on any atom is -0.491 e. The summed E-state index contributed by atoms with van der Waals surface area (Å²) < 4.78 is 58.4. The summed E-state index contributed by atoms with van der Waals surface area (Å²) >= 11 is 0. The van der Waals surface area contributed by atoms with Crippen LogP contribution >= 0.6 is 0 Å². The van der Waals surface area contributed by atoms with Gasteiger partial charge in [-0.1, -0.05) is 0 Å². The van der Waals surface area contributed by atoms with Crippen molar-refractivity contribution in [1.82, 2.24) is 14.7 Å². The van der Waals surface area contributed by atoms with Crippen molar-refractivity contribution < 1.29 is 31.9 Å². The first-order valence-corrected chi connectivity index (χ1v) is 8.33. The predicted octanol–water partition coefficient (Wildman–Crippen LogP) is -0.216. The molecule has 0 radical (unpaired) electrons. The molecule has 1 aromatic carbocycles. The maximum atomic E-state index is 13.8. The van der Waals surface area contributed by atoms with E-state index >= 15 is 0 Å². The highest BCUT2D eigenvalue weighted by Gasteiger charge is 2.39. The molecule has 8 nitrogen and oxygen atoms in total. The Morgan fingerprint density at radius 1 is 1.33 bits per heavy atom. The summed E-state index contributed by atoms with van der Waals surface area (Å²) in [5, 5.41) is 8.81. The number of hydroxylamine groups is 1. The van der Waals surface area contributed by atoms with Gasteiger partial charge in [-0.2, -0.15) is 4.31 Å². The molecule has 1 aromatic rings. The normalized spacial score (nSPS) is 20.0. The highest BCUT2D eigenvalue weighted by atomic mass is 32.2. The monoisotopic (exact) mass is 365 g/mol. The van der Waals surface area contributed by atoms with Crippen LogP contribution in [0.2, 0.25) is 0 Å². The summed E-state index contributed by atoms with van der Waals surface area (Å²) in [5.74, 6) is -3.97. The smallest absolute Gasteiger partial charge is 0.263 e. The molecule has 11 heteroatoms. The van der Waals surface area contributed by atoms with E-state index < -0.39 is 44.3 Å². The van der Waals surface area contributed by atoms with Crippen molar-refractivity contribution in [3.8, 4) is 5.75 Å². The summed E-state index contributed by atoms with van der Waals surface area (Å²) in [4.78, 5) is 12.8. The van der Waals surface area contributed by atoms with Crippen LogP contribution in [0.5, 0.6) is 5.75 Å². The molecule has 134 valence electrons. The highest BCUT2D eigenvalue weighted by Crippen LogP contribution is 2.28. The molecule has 24 heavy (non-hydrogen) atoms. The summed E-state index contributed by atoms with van der Waals surface area (Å²) in [7, 11) is -1.63. The fraction of sp³-hybridized carbons (Fsp3) is 0.462. The molecule has 0 unspecified atom stereocenters. The number of likely N-dealkylation sites (N-methyl/N-ethyl adjacent to an activating group) is 1. The lowest BCUT2D eigenvalue weighted by molar-refractivity contribution is -0.134. The lowest BCUT2D eigenvalue weighted by Gasteiger charge is -2.37. The third-order valence-corrected chi connectivity index (χ3v) is 5.62. The molecule has 2 rings (SSSR count). The van der Waals surface area contributed by atoms with Crippen LogP contribution in [0.3, 0.4) is 0 Å². The molecule has 0 spiro atoms. The van der Waals surface area contributed by atoms with Gasteiger partial charge < -0.3 is 9.64 Å². The van der Waals surface area contributed by atoms with Gasteiger partial charge >= 0.3 is 0 Å². The maximum absolute atomic E-state index is 13.8. The molecule has 1 amide bonds. The fourth-order valence-corrected chi connectivity index (χ4v) is 4.09. The van der Waals surface area contributed by atoms with Crippen LogP contribution < -0.4 is 10.2 Å². The third-order valence-electron chi connectivity index (χ3n) is 3.73. The van der Waals surface area contributed by atoms with Crippen LogP contribution in [-0.4, -0.2) is 68.6 Å². The molecule has 1 aliphatic heterocycles. The molecule has 1 aliphatic rings. The van der Waals surface area contributed by atoms with Gasteiger partial charge in [0.15, 0.2) is 17.4 Å². The molecule has 1 heterocycles. The molecular formula is C13H17F2N3O5S. The first-order chi connectivity index (χ1) is 11.2. The summed E-state index contributed by atoms with van der Waals surface area (Å²) in [6, 6.07) is 0.0272. The standard InChI is InChI=1S/C13H17F2N3O5S/c1-17-3-4-18(11(7-17)13(19)16-20)24(21,22)8-5-9(14)12(23-2)10(15)6-8/h5-6,11,20H,3-4,7H2,1-2H3,(H,16,19)/t11-/m1/s1. The van der Waals surface area contributed by atoms with E-state index in [1.807, 2.05) is 0 Å². The number of halogens is 2. The topological polar surface area (TPSA) is 99.2 Å². The average Bonchev–Trinajstić information content (AvgIpc) is 2.53. The van der Waals surface area contributed by atoms with Crippen LogP contribution in [0.4, 0.5) is 8.78 Å². The van der Waals surface area contributed by atoms with E-state index in [9.17, 15) is 22.0 Å². The van der Waals surface area contributed by atoms with Gasteiger partial charge in [-0.15, -0.1) is 0 Å². The number of hydrogen-bond donors (Lipinski definition) is 2. The second-order valence-electron chi connectivity index (χ2n) is 5.29. The van der Waals surface area contributed by atoms with E-state index in [1.54, 1.807) is 11.9 Å². The van der Waals surface area contributed by atoms with Crippen molar-refractivity contribution in [1.29, 1.82) is 0 Å². The number of nitrogens with zero attached hydrogens (tertiary/aromatic N) is 2. The van der Waals surface area contributed by atoms with Gasteiger partial charge in [0.1, 0.15) is 6.04 Å². The largest absolute Gasteiger partial charge is 0.491 e. The molecule has 0 aliphatic carbocycles. The Hall–Kier alpha value is -1.82. The number of ether oxygens (including phenoxy) is 1. The van der Waals surface area contributed by atoms with Gasteiger partial charge in [-0.3, -0.25) is 10.0 Å². The van der Waals surface area contributed by atoms with Crippen molar-refractivity contribution in [3.05, 3.63) is 23.8 Å². The lowest BCUT2D eigenvalue weighted by Crippen LogP contribution is -2.59. The van der Waals surface area contributed by atoms with Gasteiger partial charge in [0, 0.05) is 19.6 Å². The van der Waals surface area contributed by atoms with E-state index in [0.717, 1.165) is 11.4 Å². The zero-order valence-corrected chi connectivity index (χ0v) is 13.8. The molecule has 1 fully saturated rings. The number of carbonyl (C=O) groups excluding carboxylic acids is 1. The first-order valence-electron chi connectivity index (χ1n) is 6.89. The quantitative estimate of drug-likeness (QED) is 0.566. The van der Waals surface area contributed by atoms with Crippen molar-refractivity contribution in [2.45, 2.75) is 10.9 Å². The van der Waals surface area contributed by atoms with E-state index in [-0.39, 0.29) is 13.1 Å². The van der Waals surface area contributed by atoms with Crippen molar-refractivity contribution in [3.63, 3.8) is 0 Å². The van der Waals surface area contributed by atoms with E-state index in [1.165, 1.54) is 5.48 Å². The molecular weight excluding hydrogens is 348 g/mol. The van der Waals surface area contributed by atoms with E-state index in [2.05, 4.69) is 4.74 Å². The van der Waals surface area contributed by atoms with Crippen molar-refractivity contribution >= 4 is 15.9 Å². The number of carbonyl (C=O) groups is 1. The number of benzene rings is 1. The molecule has 1 saturated heterocycles. The minimum atomic E-state index is -4.36. The molecule has 0 aromatic heterocycles. The number of nitrogens with one attached hydrogen (secondary N) is 1. The Morgan fingerprint density at radius 3 is 2.42 bits per heavy atom. The summed E-state index contributed by atoms with van der Waals surface area (Å²) in [6.45, 7) is 0.258. The first kappa shape index (κ1) is 18.5. The van der Waals surface area contributed by atoms with E-state index in [0.29, 0.717) is 18.7 Å². The van der Waals surface area contributed by atoms with Crippen molar-refractivity contribution in [2.24, 2.45) is 0 Å². The Balaban J connectivity index is 2.46. The van der Waals surface area contributed by atoms with Crippen LogP contribution in [0.15, 0.2) is 17.0 Å². The Kier molecular flexibility index (Phi) is 5.38. The molecule has 0 bridgehead atoms. The number of piperazine rings is 1. The van der Waals surface area contributed by atoms with Gasteiger partial charge in [0.25, 0.3) is 5.91 Å². The van der Waals surface area contributed by atoms with Gasteiger partial charge in [0.2, 0.25) is 10.0 Å². The highest BCUT2D eigenvalue weighted by molar-refractivity contribution is 7.89. The van der Waals surface area contributed by atoms with Crippen LogP contribution in [0.25, 0.3) is 0 Å². The average molecular weight is 365 g/mol. The fourth-order valence-electron chi connectivity index (χ4n) is 2.49. The number of amides is 1. The summed E-state index contributed by atoms with van der Waals surface area (Å²) in [5.41, 5.74) is 1.41. The minimum absolute atomic E-state index is 0.0206. The van der Waals surface area contributed by atoms with Crippen LogP contribution in [0.1, 0.15) is 0 Å². The second-order valence-corrected chi connectivity index (χ2v) is 7.18. The van der Waals surface area contributed by atoms with Gasteiger partial charge in [-0.05, 0) is 19.2 Å². The van der Waals surface area contributed by atoms with Crippen LogP contribution in [-0.2, 0) is 14.8 Å².